The first-order valence-electron chi connectivity index (χ1n) is 22.1. The minimum absolute atomic E-state index is 0.0277. The van der Waals surface area contributed by atoms with Crippen molar-refractivity contribution in [3.8, 4) is 0 Å². The Labute approximate surface area is 353 Å². The number of hydrogen-bond donors (Lipinski definition) is 6. The second-order valence-electron chi connectivity index (χ2n) is 15.2. The number of aliphatic hydroxyl groups excluding tert-OH is 5. The van der Waals surface area contributed by atoms with E-state index >= 15 is 0 Å². The van der Waals surface area contributed by atoms with E-state index in [1.807, 2.05) is 18.2 Å². The third kappa shape index (κ3) is 27.9. The summed E-state index contributed by atoms with van der Waals surface area (Å²) in [7, 11) is -5.14. The zero-order valence-electron chi connectivity index (χ0n) is 35.8. The van der Waals surface area contributed by atoms with E-state index < -0.39 is 75.7 Å². The highest BCUT2D eigenvalue weighted by molar-refractivity contribution is 7.47. The lowest BCUT2D eigenvalue weighted by atomic mass is 9.85. The molecule has 13 nitrogen and oxygen atoms in total. The molecule has 0 heterocycles. The van der Waals surface area contributed by atoms with Gasteiger partial charge in [0.25, 0.3) is 0 Å². The molecule has 1 rings (SSSR count). The number of ether oxygens (including phenoxy) is 2. The summed E-state index contributed by atoms with van der Waals surface area (Å²) >= 11 is 0. The van der Waals surface area contributed by atoms with Crippen molar-refractivity contribution in [2.24, 2.45) is 0 Å². The number of unbranched alkanes of at least 4 members (excludes halogenated alkanes) is 13. The van der Waals surface area contributed by atoms with Gasteiger partial charge in [0.2, 0.25) is 0 Å². The monoisotopic (exact) mass is 857 g/mol. The second-order valence-corrected chi connectivity index (χ2v) is 16.6. The highest BCUT2D eigenvalue weighted by Gasteiger charge is 2.51. The van der Waals surface area contributed by atoms with Gasteiger partial charge in [-0.25, -0.2) is 4.57 Å². The van der Waals surface area contributed by atoms with Crippen molar-refractivity contribution in [2.75, 3.05) is 13.2 Å². The minimum atomic E-state index is -5.14. The summed E-state index contributed by atoms with van der Waals surface area (Å²) in [6.07, 6.45) is 28.6. The maximum absolute atomic E-state index is 12.8. The van der Waals surface area contributed by atoms with E-state index in [0.29, 0.717) is 19.3 Å². The highest BCUT2D eigenvalue weighted by atomic mass is 31.2. The predicted octanol–water partition coefficient (Wildman–Crippen LogP) is 8.16. The molecule has 340 valence electrons. The lowest BCUT2D eigenvalue weighted by molar-refractivity contribution is -0.220. The maximum Gasteiger partial charge on any atom is 0.472 e. The number of phosphoric ester groups is 1. The number of hydrogen-bond acceptors (Lipinski definition) is 12. The van der Waals surface area contributed by atoms with Crippen molar-refractivity contribution in [1.82, 2.24) is 0 Å². The number of carbonyl (C=O) groups excluding carboxylic acids is 2. The average Bonchev–Trinajstić information content (AvgIpc) is 3.21. The molecule has 4 unspecified atom stereocenters. The SMILES string of the molecule is CCC/C=C\C/C=C\C/C=C\C/C=C\C/C=C\CCC(=O)OC(COC(=O)CCCCCCCCCCCCCCC)COP(=O)(O)OC1[C@@H](O)[C@H](O)C(O)[C@H](O)[C@@H]1O. The summed E-state index contributed by atoms with van der Waals surface area (Å²) in [6, 6.07) is 0. The van der Waals surface area contributed by atoms with Crippen molar-refractivity contribution in [1.29, 1.82) is 0 Å². The van der Waals surface area contributed by atoms with Crippen LogP contribution in [0.1, 0.15) is 155 Å². The van der Waals surface area contributed by atoms with Crippen LogP contribution in [0.25, 0.3) is 0 Å². The zero-order chi connectivity index (χ0) is 43.6. The molecule has 0 aliphatic heterocycles. The van der Waals surface area contributed by atoms with E-state index in [0.717, 1.165) is 51.4 Å². The molecule has 0 amide bonds. The summed E-state index contributed by atoms with van der Waals surface area (Å²) in [4.78, 5) is 35.6. The average molecular weight is 857 g/mol. The van der Waals surface area contributed by atoms with Crippen LogP contribution in [0.2, 0.25) is 0 Å². The fraction of sp³-hybridized carbons (Fsp3) is 0.733. The van der Waals surface area contributed by atoms with Gasteiger partial charge in [-0.2, -0.15) is 0 Å². The van der Waals surface area contributed by atoms with Gasteiger partial charge in [0, 0.05) is 12.8 Å². The number of rotatable bonds is 35. The van der Waals surface area contributed by atoms with Crippen molar-refractivity contribution in [3.05, 3.63) is 60.8 Å². The van der Waals surface area contributed by atoms with Gasteiger partial charge in [-0.15, -0.1) is 0 Å². The Hall–Kier alpha value is -2.45. The van der Waals surface area contributed by atoms with Crippen LogP contribution in [-0.4, -0.2) is 98.3 Å². The van der Waals surface area contributed by atoms with Crippen LogP contribution >= 0.6 is 7.82 Å². The van der Waals surface area contributed by atoms with Crippen molar-refractivity contribution in [2.45, 2.75) is 198 Å². The summed E-state index contributed by atoms with van der Waals surface area (Å²) in [6.45, 7) is 3.15. The molecule has 0 aromatic carbocycles. The minimum Gasteiger partial charge on any atom is -0.462 e. The van der Waals surface area contributed by atoms with Crippen LogP contribution < -0.4 is 0 Å². The number of phosphoric acid groups is 1. The first-order valence-corrected chi connectivity index (χ1v) is 23.6. The molecule has 0 bridgehead atoms. The van der Waals surface area contributed by atoms with Gasteiger partial charge in [-0.05, 0) is 44.9 Å². The molecule has 0 aromatic heterocycles. The Morgan fingerprint density at radius 1 is 0.525 bits per heavy atom. The first-order chi connectivity index (χ1) is 28.4. The lowest BCUT2D eigenvalue weighted by Crippen LogP contribution is -2.64. The van der Waals surface area contributed by atoms with Crippen LogP contribution in [0.5, 0.6) is 0 Å². The molecule has 0 radical (unpaired) electrons. The van der Waals surface area contributed by atoms with Crippen LogP contribution in [0, 0.1) is 0 Å². The normalized spacial score (nSPS) is 22.9. The van der Waals surface area contributed by atoms with Crippen LogP contribution in [0.3, 0.4) is 0 Å². The van der Waals surface area contributed by atoms with Crippen LogP contribution in [0.15, 0.2) is 60.8 Å². The van der Waals surface area contributed by atoms with Gasteiger partial charge in [-0.3, -0.25) is 18.6 Å². The third-order valence-electron chi connectivity index (χ3n) is 9.86. The molecule has 59 heavy (non-hydrogen) atoms. The third-order valence-corrected chi connectivity index (χ3v) is 10.8. The van der Waals surface area contributed by atoms with E-state index in [9.17, 15) is 44.6 Å². The standard InChI is InChI=1S/C45H77O13P/c1-3-5-7-9-11-13-15-17-18-19-20-22-24-26-28-30-32-34-39(47)57-37(36-56-59(53,54)58-45-43(51)41(49)40(48)42(50)44(45)52)35-55-38(46)33-31-29-27-25-23-21-16-14-12-10-8-6-4-2/h7,9,13,15,18-19,22,24,28,30,37,40-45,48-52H,3-6,8,10-12,14,16-17,20-21,23,25-27,29,31-36H2,1-2H3,(H,53,54)/b9-7-,15-13-,19-18-,24-22-,30-28-/t37?,40?,41-,42+,43-,44-,45?/m0/s1. The van der Waals surface area contributed by atoms with Crippen molar-refractivity contribution >= 4 is 19.8 Å². The predicted molar refractivity (Wildman–Crippen MR) is 230 cm³/mol. The topological polar surface area (TPSA) is 210 Å². The molecule has 0 aromatic rings. The fourth-order valence-electron chi connectivity index (χ4n) is 6.28. The van der Waals surface area contributed by atoms with Gasteiger partial charge in [0.15, 0.2) is 6.10 Å². The smallest absolute Gasteiger partial charge is 0.462 e. The molecular weight excluding hydrogens is 779 g/mol. The van der Waals surface area contributed by atoms with E-state index in [4.69, 9.17) is 18.5 Å². The maximum atomic E-state index is 12.8. The summed E-state index contributed by atoms with van der Waals surface area (Å²) in [5.74, 6) is -1.20. The van der Waals surface area contributed by atoms with E-state index in [1.165, 1.54) is 57.8 Å². The molecule has 6 N–H and O–H groups in total. The fourth-order valence-corrected chi connectivity index (χ4v) is 7.25. The summed E-state index contributed by atoms with van der Waals surface area (Å²) in [5, 5.41) is 50.1. The Kier molecular flexibility index (Phi) is 32.5. The summed E-state index contributed by atoms with van der Waals surface area (Å²) < 4.78 is 33.4. The van der Waals surface area contributed by atoms with Gasteiger partial charge >= 0.3 is 19.8 Å². The van der Waals surface area contributed by atoms with Gasteiger partial charge < -0.3 is 39.9 Å². The van der Waals surface area contributed by atoms with Crippen LogP contribution in [0.4, 0.5) is 0 Å². The van der Waals surface area contributed by atoms with Gasteiger partial charge in [-0.1, -0.05) is 158 Å². The molecule has 0 spiro atoms. The number of allylic oxidation sites excluding steroid dienone is 10. The zero-order valence-corrected chi connectivity index (χ0v) is 36.7. The van der Waals surface area contributed by atoms with Crippen molar-refractivity contribution < 1.29 is 63.1 Å². The van der Waals surface area contributed by atoms with Crippen molar-refractivity contribution in [3.63, 3.8) is 0 Å². The number of esters is 2. The highest BCUT2D eigenvalue weighted by Crippen LogP contribution is 2.47. The largest absolute Gasteiger partial charge is 0.472 e. The molecule has 1 saturated carbocycles. The van der Waals surface area contributed by atoms with E-state index in [2.05, 4.69) is 56.4 Å². The number of aliphatic hydroxyl groups is 5. The van der Waals surface area contributed by atoms with Crippen LogP contribution in [-0.2, 0) is 32.7 Å². The lowest BCUT2D eigenvalue weighted by Gasteiger charge is -2.41. The van der Waals surface area contributed by atoms with Gasteiger partial charge in [0.1, 0.15) is 43.2 Å². The Morgan fingerprint density at radius 2 is 0.949 bits per heavy atom. The molecule has 1 fully saturated rings. The Bertz CT molecular complexity index is 1270. The summed E-state index contributed by atoms with van der Waals surface area (Å²) in [5.41, 5.74) is 0. The molecular formula is C45H77O13P. The molecule has 14 heteroatoms. The number of carbonyl (C=O) groups is 2. The molecule has 8 atom stereocenters. The van der Waals surface area contributed by atoms with E-state index in [-0.39, 0.29) is 12.8 Å². The molecule has 1 aliphatic carbocycles. The quantitative estimate of drug-likeness (QED) is 0.0154. The van der Waals surface area contributed by atoms with Gasteiger partial charge in [0.05, 0.1) is 6.61 Å². The molecule has 0 saturated heterocycles. The Morgan fingerprint density at radius 3 is 1.42 bits per heavy atom. The van der Waals surface area contributed by atoms with E-state index in [1.54, 1.807) is 0 Å². The second kappa shape index (κ2) is 35.2. The molecule has 1 aliphatic rings. The Balaban J connectivity index is 2.55. The first kappa shape index (κ1) is 54.6.